The van der Waals surface area contributed by atoms with E-state index in [1.165, 1.54) is 5.52 Å². The summed E-state index contributed by atoms with van der Waals surface area (Å²) >= 11 is 0. The molecular formula is C14H15N3O. The smallest absolute Gasteiger partial charge is 0.128 e. The zero-order valence-electron chi connectivity index (χ0n) is 10.3. The molecule has 0 aliphatic carbocycles. The molecule has 0 aliphatic rings. The van der Waals surface area contributed by atoms with Gasteiger partial charge in [0.1, 0.15) is 5.75 Å². The number of hydrogen-bond acceptors (Lipinski definition) is 2. The molecule has 0 atom stereocenters. The molecular weight excluding hydrogens is 226 g/mol. The van der Waals surface area contributed by atoms with E-state index in [0.29, 0.717) is 0 Å². The molecule has 0 saturated carbocycles. The molecule has 0 amide bonds. The highest BCUT2D eigenvalue weighted by Crippen LogP contribution is 2.26. The van der Waals surface area contributed by atoms with E-state index in [9.17, 15) is 0 Å². The molecule has 0 unspecified atom stereocenters. The molecule has 0 fully saturated rings. The van der Waals surface area contributed by atoms with E-state index >= 15 is 0 Å². The molecule has 18 heavy (non-hydrogen) atoms. The third kappa shape index (κ3) is 1.86. The molecule has 0 bridgehead atoms. The molecule has 0 radical (unpaired) electrons. The largest absolute Gasteiger partial charge is 0.496 e. The van der Waals surface area contributed by atoms with Crippen LogP contribution in [0.2, 0.25) is 0 Å². The number of aryl methyl sites for hydroxylation is 2. The van der Waals surface area contributed by atoms with Crippen LogP contribution in [0, 0.1) is 0 Å². The molecule has 2 aromatic heterocycles. The van der Waals surface area contributed by atoms with E-state index in [0.717, 1.165) is 24.2 Å². The van der Waals surface area contributed by atoms with Crippen molar-refractivity contribution in [2.75, 3.05) is 7.11 Å². The molecule has 0 N–H and O–H groups in total. The van der Waals surface area contributed by atoms with Crippen molar-refractivity contribution >= 4 is 10.9 Å². The topological polar surface area (TPSA) is 32.0 Å². The van der Waals surface area contributed by atoms with Gasteiger partial charge in [-0.3, -0.25) is 0 Å². The van der Waals surface area contributed by atoms with Crippen LogP contribution in [0.4, 0.5) is 0 Å². The lowest BCUT2D eigenvalue weighted by Gasteiger charge is -2.07. The first-order valence-corrected chi connectivity index (χ1v) is 5.96. The third-order valence-electron chi connectivity index (χ3n) is 3.15. The highest BCUT2D eigenvalue weighted by Gasteiger charge is 2.05. The van der Waals surface area contributed by atoms with Crippen LogP contribution in [-0.4, -0.2) is 21.2 Å². The monoisotopic (exact) mass is 241 g/mol. The quantitative estimate of drug-likeness (QED) is 0.703. The molecule has 4 nitrogen and oxygen atoms in total. The maximum absolute atomic E-state index is 5.36. The van der Waals surface area contributed by atoms with E-state index < -0.39 is 0 Å². The van der Waals surface area contributed by atoms with Gasteiger partial charge in [-0.25, -0.2) is 4.98 Å². The van der Waals surface area contributed by atoms with Crippen molar-refractivity contribution in [2.45, 2.75) is 13.1 Å². The summed E-state index contributed by atoms with van der Waals surface area (Å²) in [6.45, 7) is 1.84. The van der Waals surface area contributed by atoms with E-state index in [1.54, 1.807) is 13.3 Å². The van der Waals surface area contributed by atoms with Gasteiger partial charge in [0.15, 0.2) is 0 Å². The summed E-state index contributed by atoms with van der Waals surface area (Å²) in [6, 6.07) is 8.23. The second-order valence-corrected chi connectivity index (χ2v) is 4.20. The Labute approximate surface area is 105 Å². The average molecular weight is 241 g/mol. The minimum absolute atomic E-state index is 0.918. The molecule has 92 valence electrons. The number of ether oxygens (including phenoxy) is 1. The van der Waals surface area contributed by atoms with Crippen LogP contribution < -0.4 is 4.74 Å². The molecule has 3 aromatic rings. The van der Waals surface area contributed by atoms with Crippen molar-refractivity contribution in [3.05, 3.63) is 49.2 Å². The predicted molar refractivity (Wildman–Crippen MR) is 70.7 cm³/mol. The van der Waals surface area contributed by atoms with E-state index in [-0.39, 0.29) is 0 Å². The number of rotatable bonds is 4. The van der Waals surface area contributed by atoms with Crippen LogP contribution >= 0.6 is 0 Å². The summed E-state index contributed by atoms with van der Waals surface area (Å²) in [5, 5.41) is 1.16. The van der Waals surface area contributed by atoms with Gasteiger partial charge in [0.2, 0.25) is 0 Å². The minimum atomic E-state index is 0.918. The normalized spacial score (nSPS) is 10.9. The van der Waals surface area contributed by atoms with Crippen molar-refractivity contribution < 1.29 is 4.74 Å². The minimum Gasteiger partial charge on any atom is -0.496 e. The van der Waals surface area contributed by atoms with Crippen molar-refractivity contribution in [1.29, 1.82) is 0 Å². The Morgan fingerprint density at radius 1 is 1.17 bits per heavy atom. The third-order valence-corrected chi connectivity index (χ3v) is 3.15. The fourth-order valence-electron chi connectivity index (χ4n) is 2.21. The van der Waals surface area contributed by atoms with Gasteiger partial charge in [-0.05, 0) is 18.2 Å². The van der Waals surface area contributed by atoms with E-state index in [2.05, 4.69) is 32.4 Å². The van der Waals surface area contributed by atoms with Crippen molar-refractivity contribution in [3.8, 4) is 5.75 Å². The summed E-state index contributed by atoms with van der Waals surface area (Å²) in [4.78, 5) is 4.05. The number of methoxy groups -OCH3 is 1. The molecule has 3 rings (SSSR count). The van der Waals surface area contributed by atoms with Crippen LogP contribution in [0.1, 0.15) is 0 Å². The van der Waals surface area contributed by atoms with E-state index in [4.69, 9.17) is 4.74 Å². The number of nitrogens with zero attached hydrogens (tertiary/aromatic N) is 3. The number of benzene rings is 1. The molecule has 0 saturated heterocycles. The fourth-order valence-corrected chi connectivity index (χ4v) is 2.21. The second kappa shape index (κ2) is 4.56. The van der Waals surface area contributed by atoms with Gasteiger partial charge in [0.05, 0.1) is 19.0 Å². The summed E-state index contributed by atoms with van der Waals surface area (Å²) in [6.07, 6.45) is 7.72. The SMILES string of the molecule is COc1cccc2c1ccn2CCn1ccnc1. The van der Waals surface area contributed by atoms with Crippen LogP contribution in [0.25, 0.3) is 10.9 Å². The lowest BCUT2D eigenvalue weighted by Crippen LogP contribution is -2.04. The van der Waals surface area contributed by atoms with Gasteiger partial charge in [0, 0.05) is 37.1 Å². The van der Waals surface area contributed by atoms with Crippen LogP contribution in [0.5, 0.6) is 5.75 Å². The summed E-state index contributed by atoms with van der Waals surface area (Å²) in [7, 11) is 1.71. The summed E-state index contributed by atoms with van der Waals surface area (Å²) < 4.78 is 9.67. The first-order chi connectivity index (χ1) is 8.88. The zero-order chi connectivity index (χ0) is 12.4. The molecule has 2 heterocycles. The van der Waals surface area contributed by atoms with Crippen LogP contribution in [-0.2, 0) is 13.1 Å². The Bertz CT molecular complexity index is 640. The first kappa shape index (κ1) is 10.9. The first-order valence-electron chi connectivity index (χ1n) is 5.96. The number of aromatic nitrogens is 3. The fraction of sp³-hybridized carbons (Fsp3) is 0.214. The molecule has 0 spiro atoms. The zero-order valence-corrected chi connectivity index (χ0v) is 10.3. The lowest BCUT2D eigenvalue weighted by atomic mass is 10.2. The van der Waals surface area contributed by atoms with Crippen molar-refractivity contribution in [3.63, 3.8) is 0 Å². The van der Waals surface area contributed by atoms with Crippen molar-refractivity contribution in [2.24, 2.45) is 0 Å². The van der Waals surface area contributed by atoms with Gasteiger partial charge in [-0.1, -0.05) is 6.07 Å². The van der Waals surface area contributed by atoms with Gasteiger partial charge >= 0.3 is 0 Å². The predicted octanol–water partition coefficient (Wildman–Crippen LogP) is 2.55. The highest BCUT2D eigenvalue weighted by atomic mass is 16.5. The molecule has 1 aromatic carbocycles. The van der Waals surface area contributed by atoms with Crippen LogP contribution in [0.15, 0.2) is 49.2 Å². The van der Waals surface area contributed by atoms with Gasteiger partial charge < -0.3 is 13.9 Å². The Morgan fingerprint density at radius 2 is 2.11 bits per heavy atom. The second-order valence-electron chi connectivity index (χ2n) is 4.20. The van der Waals surface area contributed by atoms with Crippen LogP contribution in [0.3, 0.4) is 0 Å². The Morgan fingerprint density at radius 3 is 2.89 bits per heavy atom. The maximum Gasteiger partial charge on any atom is 0.128 e. The van der Waals surface area contributed by atoms with Crippen molar-refractivity contribution in [1.82, 2.24) is 14.1 Å². The molecule has 4 heteroatoms. The van der Waals surface area contributed by atoms with Gasteiger partial charge in [0.25, 0.3) is 0 Å². The van der Waals surface area contributed by atoms with Gasteiger partial charge in [-0.15, -0.1) is 0 Å². The van der Waals surface area contributed by atoms with Gasteiger partial charge in [-0.2, -0.15) is 0 Å². The Balaban J connectivity index is 1.88. The Kier molecular flexibility index (Phi) is 2.76. The number of hydrogen-bond donors (Lipinski definition) is 0. The average Bonchev–Trinajstić information content (AvgIpc) is 3.05. The number of fused-ring (bicyclic) bond motifs is 1. The highest BCUT2D eigenvalue weighted by molar-refractivity contribution is 5.86. The molecule has 0 aliphatic heterocycles. The van der Waals surface area contributed by atoms with E-state index in [1.807, 2.05) is 24.7 Å². The number of imidazole rings is 1. The maximum atomic E-state index is 5.36. The standard InChI is InChI=1S/C14H15N3O/c1-18-14-4-2-3-13-12(14)5-7-17(13)10-9-16-8-6-15-11-16/h2-8,11H,9-10H2,1H3. The summed E-state index contributed by atoms with van der Waals surface area (Å²) in [5.41, 5.74) is 1.20. The Hall–Kier alpha value is -2.23. The summed E-state index contributed by atoms with van der Waals surface area (Å²) in [5.74, 6) is 0.925. The lowest BCUT2D eigenvalue weighted by molar-refractivity contribution is 0.420.